The Morgan fingerprint density at radius 2 is 1.68 bits per heavy atom. The van der Waals surface area contributed by atoms with Crippen molar-refractivity contribution in [1.82, 2.24) is 24.5 Å². The van der Waals surface area contributed by atoms with Crippen molar-refractivity contribution in [3.63, 3.8) is 0 Å². The summed E-state index contributed by atoms with van der Waals surface area (Å²) in [5.74, 6) is 0.796. The van der Waals surface area contributed by atoms with Crippen molar-refractivity contribution in [2.75, 3.05) is 0 Å². The Kier molecular flexibility index (Phi) is 9.12. The number of carbonyl (C=O) groups excluding carboxylic acids is 1. The van der Waals surface area contributed by atoms with Crippen LogP contribution in [-0.2, 0) is 32.9 Å². The van der Waals surface area contributed by atoms with E-state index in [1.807, 2.05) is 78.9 Å². The first-order valence-electron chi connectivity index (χ1n) is 9.72. The standard InChI is InChI=1S/C12H10N5.C11H20O2.Pt/c1-16-8-7-11(15-16)12-13-9-14-17(12)10-5-3-2-4-6-10;1-10(2,3)8(12)7-9(13)11(4,5)6;/h2-6,8-9H,1H3;7,12H,1-6H3;/q-1;;/b;8-7-;. The number of aromatic nitrogens is 5. The van der Waals surface area contributed by atoms with Gasteiger partial charge in [-0.05, 0) is 17.8 Å². The molecule has 0 aliphatic carbocycles. The molecule has 0 aliphatic heterocycles. The maximum atomic E-state index is 11.5. The summed E-state index contributed by atoms with van der Waals surface area (Å²) in [4.78, 5) is 15.7. The van der Waals surface area contributed by atoms with Crippen LogP contribution in [-0.4, -0.2) is 35.4 Å². The fourth-order valence-electron chi connectivity index (χ4n) is 2.20. The van der Waals surface area contributed by atoms with Gasteiger partial charge in [0.2, 0.25) is 0 Å². The molecule has 0 amide bonds. The molecule has 3 aromatic rings. The number of nitrogens with zero attached hydrogens (tertiary/aromatic N) is 5. The molecule has 1 aromatic carbocycles. The first-order chi connectivity index (χ1) is 13.9. The number of aliphatic hydroxyl groups is 1. The van der Waals surface area contributed by atoms with Gasteiger partial charge in [0.15, 0.2) is 5.78 Å². The molecule has 7 nitrogen and oxygen atoms in total. The summed E-state index contributed by atoms with van der Waals surface area (Å²) in [5, 5.41) is 18.0. The second-order valence-corrected chi connectivity index (χ2v) is 9.02. The smallest absolute Gasteiger partial charge is 0.164 e. The topological polar surface area (TPSA) is 85.8 Å². The van der Waals surface area contributed by atoms with Crippen molar-refractivity contribution in [2.45, 2.75) is 41.5 Å². The third-order valence-corrected chi connectivity index (χ3v) is 4.18. The van der Waals surface area contributed by atoms with E-state index in [2.05, 4.69) is 21.2 Å². The molecular formula is C23H30N5O2Pt-. The number of para-hydroxylation sites is 1. The predicted octanol–water partition coefficient (Wildman–Crippen LogP) is 4.56. The van der Waals surface area contributed by atoms with Crippen molar-refractivity contribution in [3.05, 3.63) is 60.8 Å². The molecule has 1 N–H and O–H groups in total. The van der Waals surface area contributed by atoms with Gasteiger partial charge in [-0.3, -0.25) is 14.2 Å². The Balaban J connectivity index is 0.000000314. The summed E-state index contributed by atoms with van der Waals surface area (Å²) < 4.78 is 3.44. The molecule has 170 valence electrons. The zero-order valence-electron chi connectivity index (χ0n) is 19.0. The average molecular weight is 604 g/mol. The third kappa shape index (κ3) is 7.58. The Labute approximate surface area is 198 Å². The molecule has 0 bridgehead atoms. The van der Waals surface area contributed by atoms with E-state index in [0.29, 0.717) is 11.5 Å². The van der Waals surface area contributed by atoms with Crippen LogP contribution in [0.4, 0.5) is 0 Å². The number of hydrogen-bond donors (Lipinski definition) is 1. The van der Waals surface area contributed by atoms with Gasteiger partial charge in [0.25, 0.3) is 0 Å². The number of rotatable bonds is 3. The van der Waals surface area contributed by atoms with E-state index >= 15 is 0 Å². The van der Waals surface area contributed by atoms with Gasteiger partial charge in [-0.1, -0.05) is 65.9 Å². The van der Waals surface area contributed by atoms with Crippen molar-refractivity contribution in [1.29, 1.82) is 0 Å². The van der Waals surface area contributed by atoms with Crippen molar-refractivity contribution >= 4 is 5.78 Å². The van der Waals surface area contributed by atoms with Crippen LogP contribution in [0, 0.1) is 16.9 Å². The van der Waals surface area contributed by atoms with E-state index in [1.165, 1.54) is 12.4 Å². The number of carbonyl (C=O) groups is 1. The van der Waals surface area contributed by atoms with E-state index in [0.717, 1.165) is 5.69 Å². The molecule has 3 rings (SSSR count). The Morgan fingerprint density at radius 3 is 2.16 bits per heavy atom. The van der Waals surface area contributed by atoms with Crippen molar-refractivity contribution < 1.29 is 31.0 Å². The van der Waals surface area contributed by atoms with Crippen molar-refractivity contribution in [2.24, 2.45) is 17.9 Å². The average Bonchev–Trinajstić information content (AvgIpc) is 3.30. The number of aryl methyl sites for hydroxylation is 1. The fourth-order valence-corrected chi connectivity index (χ4v) is 2.20. The molecule has 31 heavy (non-hydrogen) atoms. The first-order valence-corrected chi connectivity index (χ1v) is 9.72. The molecule has 8 heteroatoms. The van der Waals surface area contributed by atoms with Crippen molar-refractivity contribution in [3.8, 4) is 17.2 Å². The Bertz CT molecular complexity index is 1010. The zero-order valence-corrected chi connectivity index (χ0v) is 21.3. The normalized spacial score (nSPS) is 11.9. The van der Waals surface area contributed by atoms with Crippen LogP contribution in [0.2, 0.25) is 0 Å². The number of hydrogen-bond acceptors (Lipinski definition) is 5. The van der Waals surface area contributed by atoms with Crippen LogP contribution in [0.15, 0.2) is 54.7 Å². The third-order valence-electron chi connectivity index (χ3n) is 4.18. The van der Waals surface area contributed by atoms with Crippen LogP contribution < -0.4 is 0 Å². The molecule has 0 atom stereocenters. The van der Waals surface area contributed by atoms with Crippen LogP contribution in [0.25, 0.3) is 17.2 Å². The van der Waals surface area contributed by atoms with Gasteiger partial charge in [-0.15, -0.1) is 0 Å². The van der Waals surface area contributed by atoms with Gasteiger partial charge in [0, 0.05) is 56.5 Å². The number of allylic oxidation sites excluding steroid dienone is 2. The molecule has 2 aromatic heterocycles. The molecule has 0 radical (unpaired) electrons. The van der Waals surface area contributed by atoms with E-state index in [9.17, 15) is 9.90 Å². The predicted molar refractivity (Wildman–Crippen MR) is 117 cm³/mol. The summed E-state index contributed by atoms with van der Waals surface area (Å²) >= 11 is 0. The van der Waals surface area contributed by atoms with Gasteiger partial charge in [-0.25, -0.2) is 5.10 Å². The molecule has 0 aliphatic rings. The summed E-state index contributed by atoms with van der Waals surface area (Å²) in [6.45, 7) is 11.1. The Hall–Kier alpha value is -2.53. The molecule has 0 unspecified atom stereocenters. The van der Waals surface area contributed by atoms with E-state index in [1.54, 1.807) is 15.6 Å². The van der Waals surface area contributed by atoms with E-state index in [-0.39, 0.29) is 38.0 Å². The van der Waals surface area contributed by atoms with E-state index in [4.69, 9.17) is 0 Å². The quantitative estimate of drug-likeness (QED) is 0.270. The second-order valence-electron chi connectivity index (χ2n) is 9.02. The maximum absolute atomic E-state index is 11.5. The Morgan fingerprint density at radius 1 is 1.06 bits per heavy atom. The second kappa shape index (κ2) is 10.7. The van der Waals surface area contributed by atoms with Gasteiger partial charge in [0.05, 0.1) is 0 Å². The SMILES string of the molecule is CC(C)(C)C(=O)/C=C(\O)C(C)(C)C.Cn1c[c-]c(-c2ncnn2-c2ccccc2)n1.[Pt]. The summed E-state index contributed by atoms with van der Waals surface area (Å²) in [7, 11) is 1.85. The fraction of sp³-hybridized carbons (Fsp3) is 0.391. The van der Waals surface area contributed by atoms with Gasteiger partial charge in [-0.2, -0.15) is 11.2 Å². The minimum atomic E-state index is -0.417. The monoisotopic (exact) mass is 603 g/mol. The summed E-state index contributed by atoms with van der Waals surface area (Å²) in [6, 6.07) is 12.9. The van der Waals surface area contributed by atoms with Gasteiger partial charge >= 0.3 is 0 Å². The minimum Gasteiger partial charge on any atom is -0.512 e. The van der Waals surface area contributed by atoms with Gasteiger partial charge in [0.1, 0.15) is 12.1 Å². The summed E-state index contributed by atoms with van der Waals surface area (Å²) in [6.07, 6.45) is 4.62. The molecule has 0 fully saturated rings. The zero-order chi connectivity index (χ0) is 22.5. The van der Waals surface area contributed by atoms with Crippen LogP contribution >= 0.6 is 0 Å². The maximum Gasteiger partial charge on any atom is 0.164 e. The largest absolute Gasteiger partial charge is 0.512 e. The minimum absolute atomic E-state index is 0. The number of ketones is 1. The number of aliphatic hydroxyl groups excluding tert-OH is 1. The number of benzene rings is 1. The molecule has 2 heterocycles. The van der Waals surface area contributed by atoms with Crippen LogP contribution in [0.3, 0.4) is 0 Å². The first kappa shape index (κ1) is 26.5. The van der Waals surface area contributed by atoms with E-state index < -0.39 is 5.41 Å². The summed E-state index contributed by atoms with van der Waals surface area (Å²) in [5.41, 5.74) is 0.882. The molecule has 0 spiro atoms. The molecular weight excluding hydrogens is 573 g/mol. The molecule has 0 saturated carbocycles. The van der Waals surface area contributed by atoms with Crippen LogP contribution in [0.1, 0.15) is 41.5 Å². The molecule has 0 saturated heterocycles. The van der Waals surface area contributed by atoms with Crippen LogP contribution in [0.5, 0.6) is 0 Å². The van der Waals surface area contributed by atoms with Gasteiger partial charge < -0.3 is 10.1 Å².